The second kappa shape index (κ2) is 4.13. The highest BCUT2D eigenvalue weighted by atomic mass is 16.1. The van der Waals surface area contributed by atoms with Gasteiger partial charge in [-0.15, -0.1) is 0 Å². The third kappa shape index (κ3) is 1.88. The summed E-state index contributed by atoms with van der Waals surface area (Å²) in [7, 11) is 1.74. The van der Waals surface area contributed by atoms with E-state index in [0.717, 1.165) is 30.3 Å². The van der Waals surface area contributed by atoms with Gasteiger partial charge in [0.25, 0.3) is 5.56 Å². The van der Waals surface area contributed by atoms with E-state index in [4.69, 9.17) is 0 Å². The van der Waals surface area contributed by atoms with Crippen LogP contribution in [0.1, 0.15) is 19.3 Å². The Balaban J connectivity index is 2.05. The van der Waals surface area contributed by atoms with Crippen LogP contribution in [0.25, 0.3) is 10.8 Å². The van der Waals surface area contributed by atoms with Crippen molar-refractivity contribution < 1.29 is 0 Å². The molecule has 0 atom stereocenters. The van der Waals surface area contributed by atoms with Gasteiger partial charge in [0.15, 0.2) is 0 Å². The van der Waals surface area contributed by atoms with Gasteiger partial charge in [0.2, 0.25) is 0 Å². The van der Waals surface area contributed by atoms with Crippen LogP contribution in [-0.4, -0.2) is 10.1 Å². The molecule has 1 heterocycles. The van der Waals surface area contributed by atoms with Crippen LogP contribution in [0.15, 0.2) is 35.3 Å². The van der Waals surface area contributed by atoms with Gasteiger partial charge in [-0.3, -0.25) is 4.79 Å². The molecule has 1 N–H and O–H groups in total. The van der Waals surface area contributed by atoms with Crippen LogP contribution >= 0.6 is 0 Å². The van der Waals surface area contributed by atoms with E-state index >= 15 is 0 Å². The molecule has 2 aromatic rings. The summed E-state index contributed by atoms with van der Waals surface area (Å²) >= 11 is 0. The molecule has 96 valence electrons. The number of benzene rings is 1. The molecular formula is C15H15N3O. The van der Waals surface area contributed by atoms with Crippen molar-refractivity contribution in [1.82, 2.24) is 4.57 Å². The van der Waals surface area contributed by atoms with Crippen molar-refractivity contribution in [3.05, 3.63) is 40.8 Å². The first-order valence-electron chi connectivity index (χ1n) is 6.42. The van der Waals surface area contributed by atoms with Gasteiger partial charge in [-0.1, -0.05) is 6.07 Å². The number of anilines is 1. The number of nitriles is 1. The molecule has 0 aliphatic heterocycles. The zero-order chi connectivity index (χ0) is 13.5. The molecular weight excluding hydrogens is 238 g/mol. The first kappa shape index (κ1) is 11.8. The molecule has 0 radical (unpaired) electrons. The van der Waals surface area contributed by atoms with E-state index in [2.05, 4.69) is 11.4 Å². The molecule has 0 unspecified atom stereocenters. The normalized spacial score (nSPS) is 16.6. The predicted molar refractivity (Wildman–Crippen MR) is 75.0 cm³/mol. The van der Waals surface area contributed by atoms with Crippen molar-refractivity contribution in [1.29, 1.82) is 5.26 Å². The average molecular weight is 253 g/mol. The van der Waals surface area contributed by atoms with E-state index in [1.165, 1.54) is 0 Å². The lowest BCUT2D eigenvalue weighted by Crippen LogP contribution is -2.43. The lowest BCUT2D eigenvalue weighted by molar-refractivity contribution is 0.356. The summed E-state index contributed by atoms with van der Waals surface area (Å²) in [6.07, 6.45) is 4.58. The first-order valence-corrected chi connectivity index (χ1v) is 6.42. The van der Waals surface area contributed by atoms with E-state index in [1.54, 1.807) is 17.8 Å². The van der Waals surface area contributed by atoms with E-state index < -0.39 is 5.54 Å². The van der Waals surface area contributed by atoms with E-state index in [0.29, 0.717) is 5.39 Å². The highest BCUT2D eigenvalue weighted by Crippen LogP contribution is 2.35. The molecule has 0 bridgehead atoms. The summed E-state index contributed by atoms with van der Waals surface area (Å²) in [4.78, 5) is 12.1. The number of aromatic nitrogens is 1. The van der Waals surface area contributed by atoms with Crippen molar-refractivity contribution in [3.63, 3.8) is 0 Å². The summed E-state index contributed by atoms with van der Waals surface area (Å²) in [5, 5.41) is 14.1. The topological polar surface area (TPSA) is 57.8 Å². The number of rotatable bonds is 2. The van der Waals surface area contributed by atoms with E-state index in [-0.39, 0.29) is 5.56 Å². The third-order valence-corrected chi connectivity index (χ3v) is 3.89. The van der Waals surface area contributed by atoms with Gasteiger partial charge in [0.05, 0.1) is 6.07 Å². The minimum absolute atomic E-state index is 0.0132. The Morgan fingerprint density at radius 1 is 1.37 bits per heavy atom. The molecule has 0 amide bonds. The summed E-state index contributed by atoms with van der Waals surface area (Å²) in [5.74, 6) is 0. The van der Waals surface area contributed by atoms with Crippen LogP contribution in [0.3, 0.4) is 0 Å². The third-order valence-electron chi connectivity index (χ3n) is 3.89. The summed E-state index contributed by atoms with van der Waals surface area (Å²) in [6.45, 7) is 0. The molecule has 4 nitrogen and oxygen atoms in total. The maximum Gasteiger partial charge on any atom is 0.258 e. The van der Waals surface area contributed by atoms with Crippen LogP contribution in [0.2, 0.25) is 0 Å². The van der Waals surface area contributed by atoms with E-state index in [1.807, 2.05) is 24.3 Å². The van der Waals surface area contributed by atoms with Crippen molar-refractivity contribution in [2.75, 3.05) is 5.32 Å². The number of nitrogens with zero attached hydrogens (tertiary/aromatic N) is 2. The Kier molecular flexibility index (Phi) is 2.56. The first-order chi connectivity index (χ1) is 9.13. The fourth-order valence-electron chi connectivity index (χ4n) is 2.49. The monoisotopic (exact) mass is 253 g/mol. The number of hydrogen-bond acceptors (Lipinski definition) is 3. The lowest BCUT2D eigenvalue weighted by atomic mass is 9.78. The van der Waals surface area contributed by atoms with Crippen LogP contribution in [0, 0.1) is 11.3 Å². The average Bonchev–Trinajstić information content (AvgIpc) is 2.39. The number of pyridine rings is 1. The zero-order valence-corrected chi connectivity index (χ0v) is 10.8. The molecule has 1 aliphatic rings. The second-order valence-corrected chi connectivity index (χ2v) is 5.21. The van der Waals surface area contributed by atoms with Gasteiger partial charge in [-0.05, 0) is 42.8 Å². The van der Waals surface area contributed by atoms with Crippen molar-refractivity contribution in [2.45, 2.75) is 24.8 Å². The zero-order valence-electron chi connectivity index (χ0n) is 10.8. The fraction of sp³-hybridized carbons (Fsp3) is 0.333. The van der Waals surface area contributed by atoms with Crippen molar-refractivity contribution >= 4 is 16.5 Å². The fourth-order valence-corrected chi connectivity index (χ4v) is 2.49. The maximum absolute atomic E-state index is 12.1. The van der Waals surface area contributed by atoms with Gasteiger partial charge in [-0.2, -0.15) is 5.26 Å². The summed E-state index contributed by atoms with van der Waals surface area (Å²) < 4.78 is 1.57. The number of aryl methyl sites for hydroxylation is 1. The SMILES string of the molecule is Cn1ccc2ccc(NC3(C#N)CCC3)cc2c1=O. The Bertz CT molecular complexity index is 735. The van der Waals surface area contributed by atoms with Gasteiger partial charge in [-0.25, -0.2) is 0 Å². The molecule has 1 aromatic heterocycles. The van der Waals surface area contributed by atoms with E-state index in [9.17, 15) is 10.1 Å². The molecule has 1 fully saturated rings. The number of hydrogen-bond donors (Lipinski definition) is 1. The van der Waals surface area contributed by atoms with Crippen LogP contribution in [0.5, 0.6) is 0 Å². The lowest BCUT2D eigenvalue weighted by Gasteiger charge is -2.36. The minimum Gasteiger partial charge on any atom is -0.367 e. The van der Waals surface area contributed by atoms with Crippen molar-refractivity contribution in [3.8, 4) is 6.07 Å². The number of nitrogens with one attached hydrogen (secondary N) is 1. The molecule has 4 heteroatoms. The van der Waals surface area contributed by atoms with Gasteiger partial charge >= 0.3 is 0 Å². The molecule has 0 saturated heterocycles. The van der Waals surface area contributed by atoms with Gasteiger partial charge in [0, 0.05) is 24.3 Å². The highest BCUT2D eigenvalue weighted by molar-refractivity contribution is 5.85. The van der Waals surface area contributed by atoms with Crippen LogP contribution in [-0.2, 0) is 7.05 Å². The Labute approximate surface area is 111 Å². The van der Waals surface area contributed by atoms with Crippen LogP contribution in [0.4, 0.5) is 5.69 Å². The Morgan fingerprint density at radius 2 is 2.16 bits per heavy atom. The molecule has 0 spiro atoms. The van der Waals surface area contributed by atoms with Gasteiger partial charge < -0.3 is 9.88 Å². The molecule has 1 aromatic carbocycles. The predicted octanol–water partition coefficient (Wildman–Crippen LogP) is 2.40. The second-order valence-electron chi connectivity index (χ2n) is 5.21. The largest absolute Gasteiger partial charge is 0.367 e. The Morgan fingerprint density at radius 3 is 2.79 bits per heavy atom. The van der Waals surface area contributed by atoms with Crippen LogP contribution < -0.4 is 10.9 Å². The number of fused-ring (bicyclic) bond motifs is 1. The Hall–Kier alpha value is -2.28. The standard InChI is InChI=1S/C15H15N3O/c1-18-8-5-11-3-4-12(9-13(11)14(18)19)17-15(10-16)6-2-7-15/h3-5,8-9,17H,2,6-7H2,1H3. The maximum atomic E-state index is 12.1. The van der Waals surface area contributed by atoms with Gasteiger partial charge in [0.1, 0.15) is 5.54 Å². The van der Waals surface area contributed by atoms with Crippen molar-refractivity contribution in [2.24, 2.45) is 7.05 Å². The summed E-state index contributed by atoms with van der Waals surface area (Å²) in [5.41, 5.74) is 0.394. The quantitative estimate of drug-likeness (QED) is 0.894. The molecule has 1 aliphatic carbocycles. The minimum atomic E-state index is -0.437. The molecule has 3 rings (SSSR count). The highest BCUT2D eigenvalue weighted by Gasteiger charge is 2.36. The smallest absolute Gasteiger partial charge is 0.258 e. The molecule has 1 saturated carbocycles. The molecule has 19 heavy (non-hydrogen) atoms. The summed E-state index contributed by atoms with van der Waals surface area (Å²) in [6, 6.07) is 9.96.